The lowest BCUT2D eigenvalue weighted by molar-refractivity contribution is 0.335. The molecule has 1 saturated heterocycles. The number of nitrogens with one attached hydrogen (secondary N) is 1. The van der Waals surface area contributed by atoms with Crippen molar-refractivity contribution in [1.29, 1.82) is 0 Å². The Kier molecular flexibility index (Phi) is 6.87. The largest absolute Gasteiger partial charge is 0.315 e. The second kappa shape index (κ2) is 7.70. The first-order valence-corrected chi connectivity index (χ1v) is 8.62. The Hall–Kier alpha value is -0.210. The second-order valence-electron chi connectivity index (χ2n) is 4.60. The smallest absolute Gasteiger partial charge is 0.244 e. The highest BCUT2D eigenvalue weighted by molar-refractivity contribution is 9.10. The molecule has 114 valence electrons. The van der Waals surface area contributed by atoms with Crippen LogP contribution in [0.25, 0.3) is 0 Å². The maximum absolute atomic E-state index is 12.7. The quantitative estimate of drug-likeness (QED) is 0.844. The van der Waals surface area contributed by atoms with Crippen molar-refractivity contribution in [1.82, 2.24) is 14.6 Å². The van der Waals surface area contributed by atoms with Crippen LogP contribution in [0.15, 0.2) is 27.8 Å². The average molecular weight is 385 g/mol. The third-order valence-electron chi connectivity index (χ3n) is 3.17. The van der Waals surface area contributed by atoms with Gasteiger partial charge >= 0.3 is 0 Å². The molecule has 0 aromatic carbocycles. The van der Waals surface area contributed by atoms with Crippen LogP contribution in [-0.2, 0) is 10.0 Å². The molecule has 20 heavy (non-hydrogen) atoms. The van der Waals surface area contributed by atoms with E-state index in [1.165, 1.54) is 6.20 Å². The Labute approximate surface area is 134 Å². The first-order chi connectivity index (χ1) is 9.05. The fraction of sp³-hybridized carbons (Fsp3) is 0.583. The summed E-state index contributed by atoms with van der Waals surface area (Å²) in [6.45, 7) is 4.13. The number of hydrogen-bond donors (Lipinski definition) is 1. The molecule has 1 N–H and O–H groups in total. The number of sulfonamides is 1. The summed E-state index contributed by atoms with van der Waals surface area (Å²) in [7, 11) is -3.47. The van der Waals surface area contributed by atoms with Crippen LogP contribution in [0.2, 0.25) is 0 Å². The molecule has 8 heteroatoms. The minimum Gasteiger partial charge on any atom is -0.315 e. The molecular weight excluding hydrogens is 366 g/mol. The molecule has 1 fully saturated rings. The van der Waals surface area contributed by atoms with Crippen molar-refractivity contribution in [2.45, 2.75) is 30.7 Å². The molecule has 1 unspecified atom stereocenters. The molecule has 2 heterocycles. The van der Waals surface area contributed by atoms with Crippen molar-refractivity contribution < 1.29 is 8.42 Å². The van der Waals surface area contributed by atoms with Gasteiger partial charge in [0.25, 0.3) is 0 Å². The summed E-state index contributed by atoms with van der Waals surface area (Å²) in [5, 5.41) is 3.22. The fourth-order valence-electron chi connectivity index (χ4n) is 2.27. The van der Waals surface area contributed by atoms with Gasteiger partial charge in [-0.1, -0.05) is 6.92 Å². The number of hydrogen-bond acceptors (Lipinski definition) is 4. The number of aromatic nitrogens is 1. The van der Waals surface area contributed by atoms with Gasteiger partial charge in [-0.25, -0.2) is 8.42 Å². The highest BCUT2D eigenvalue weighted by Crippen LogP contribution is 2.23. The lowest BCUT2D eigenvalue weighted by Crippen LogP contribution is -2.42. The first-order valence-electron chi connectivity index (χ1n) is 6.39. The van der Waals surface area contributed by atoms with Crippen molar-refractivity contribution in [3.05, 3.63) is 22.9 Å². The lowest BCUT2D eigenvalue weighted by Gasteiger charge is -2.27. The molecule has 0 aliphatic carbocycles. The molecule has 0 amide bonds. The van der Waals surface area contributed by atoms with Gasteiger partial charge < -0.3 is 5.32 Å². The van der Waals surface area contributed by atoms with E-state index in [4.69, 9.17) is 0 Å². The van der Waals surface area contributed by atoms with Gasteiger partial charge in [0.15, 0.2) is 0 Å². The predicted molar refractivity (Wildman–Crippen MR) is 84.6 cm³/mol. The summed E-state index contributed by atoms with van der Waals surface area (Å²) in [6, 6.07) is 1.65. The molecule has 1 aliphatic heterocycles. The zero-order chi connectivity index (χ0) is 13.9. The van der Waals surface area contributed by atoms with Gasteiger partial charge in [0.2, 0.25) is 10.0 Å². The van der Waals surface area contributed by atoms with Crippen LogP contribution in [0, 0.1) is 0 Å². The van der Waals surface area contributed by atoms with E-state index < -0.39 is 10.0 Å². The van der Waals surface area contributed by atoms with Crippen molar-refractivity contribution in [3.8, 4) is 0 Å². The molecule has 1 aliphatic rings. The van der Waals surface area contributed by atoms with Gasteiger partial charge in [0.1, 0.15) is 4.90 Å². The van der Waals surface area contributed by atoms with Crippen LogP contribution in [0.5, 0.6) is 0 Å². The standard InChI is InChI=1S/C12H18BrN3O2S.ClH/c1-2-5-16(11-3-4-14-8-11)19(17,18)12-6-10(13)7-15-9-12;/h6-7,9,11,14H,2-5,8H2,1H3;1H. The van der Waals surface area contributed by atoms with Gasteiger partial charge in [0, 0.05) is 36.0 Å². The molecule has 0 spiro atoms. The molecule has 1 aromatic rings. The average Bonchev–Trinajstić information content (AvgIpc) is 2.89. The van der Waals surface area contributed by atoms with Crippen LogP contribution in [-0.4, -0.2) is 43.4 Å². The Morgan fingerprint density at radius 2 is 2.25 bits per heavy atom. The number of rotatable bonds is 5. The molecule has 1 aromatic heterocycles. The van der Waals surface area contributed by atoms with Gasteiger partial charge in [-0.3, -0.25) is 4.98 Å². The minimum absolute atomic E-state index is 0. The third kappa shape index (κ3) is 3.92. The highest BCUT2D eigenvalue weighted by Gasteiger charge is 2.32. The Balaban J connectivity index is 0.00000200. The third-order valence-corrected chi connectivity index (χ3v) is 5.52. The summed E-state index contributed by atoms with van der Waals surface area (Å²) in [5.41, 5.74) is 0. The van der Waals surface area contributed by atoms with Crippen molar-refractivity contribution in [2.75, 3.05) is 19.6 Å². The zero-order valence-corrected chi connectivity index (χ0v) is 14.5. The lowest BCUT2D eigenvalue weighted by atomic mass is 10.2. The summed E-state index contributed by atoms with van der Waals surface area (Å²) in [4.78, 5) is 4.20. The van der Waals surface area contributed by atoms with Crippen molar-refractivity contribution in [3.63, 3.8) is 0 Å². The Morgan fingerprint density at radius 1 is 1.50 bits per heavy atom. The Bertz CT molecular complexity index is 535. The van der Waals surface area contributed by atoms with Gasteiger partial charge in [0.05, 0.1) is 0 Å². The van der Waals surface area contributed by atoms with E-state index in [0.29, 0.717) is 11.0 Å². The number of nitrogens with zero attached hydrogens (tertiary/aromatic N) is 2. The van der Waals surface area contributed by atoms with Gasteiger partial charge in [-0.05, 0) is 41.4 Å². The number of halogens is 2. The van der Waals surface area contributed by atoms with Gasteiger partial charge in [-0.2, -0.15) is 4.31 Å². The van der Waals surface area contributed by atoms with E-state index in [1.54, 1.807) is 16.6 Å². The summed E-state index contributed by atoms with van der Waals surface area (Å²) >= 11 is 3.27. The van der Waals surface area contributed by atoms with Crippen LogP contribution in [0.3, 0.4) is 0 Å². The van der Waals surface area contributed by atoms with Crippen molar-refractivity contribution in [2.24, 2.45) is 0 Å². The second-order valence-corrected chi connectivity index (χ2v) is 7.41. The van der Waals surface area contributed by atoms with Crippen LogP contribution >= 0.6 is 28.3 Å². The summed E-state index contributed by atoms with van der Waals surface area (Å²) < 4.78 is 27.7. The van der Waals surface area contributed by atoms with Crippen LogP contribution < -0.4 is 5.32 Å². The van der Waals surface area contributed by atoms with Gasteiger partial charge in [-0.15, -0.1) is 12.4 Å². The molecule has 1 atom stereocenters. The maximum atomic E-state index is 12.7. The van der Waals surface area contributed by atoms with Crippen molar-refractivity contribution >= 4 is 38.4 Å². The van der Waals surface area contributed by atoms with E-state index in [-0.39, 0.29) is 23.3 Å². The van der Waals surface area contributed by atoms with Crippen LogP contribution in [0.4, 0.5) is 0 Å². The Morgan fingerprint density at radius 3 is 2.80 bits per heavy atom. The molecule has 0 radical (unpaired) electrons. The molecule has 5 nitrogen and oxygen atoms in total. The molecule has 0 saturated carbocycles. The first kappa shape index (κ1) is 17.8. The van der Waals surface area contributed by atoms with E-state index in [0.717, 1.165) is 25.9 Å². The summed E-state index contributed by atoms with van der Waals surface area (Å²) in [6.07, 6.45) is 4.66. The molecule has 2 rings (SSSR count). The normalized spacial score (nSPS) is 19.1. The maximum Gasteiger partial charge on any atom is 0.244 e. The number of pyridine rings is 1. The topological polar surface area (TPSA) is 62.3 Å². The zero-order valence-electron chi connectivity index (χ0n) is 11.3. The minimum atomic E-state index is -3.47. The SMILES string of the molecule is CCCN(C1CCNC1)S(=O)(=O)c1cncc(Br)c1.Cl. The molecular formula is C12H19BrClN3O2S. The van der Waals surface area contributed by atoms with E-state index in [1.807, 2.05) is 6.92 Å². The highest BCUT2D eigenvalue weighted by atomic mass is 79.9. The van der Waals surface area contributed by atoms with E-state index in [9.17, 15) is 8.42 Å². The molecule has 0 bridgehead atoms. The summed E-state index contributed by atoms with van der Waals surface area (Å²) in [5.74, 6) is 0. The van der Waals surface area contributed by atoms with E-state index in [2.05, 4.69) is 26.2 Å². The predicted octanol–water partition coefficient (Wildman–Crippen LogP) is 2.03. The monoisotopic (exact) mass is 383 g/mol. The van der Waals surface area contributed by atoms with E-state index >= 15 is 0 Å². The van der Waals surface area contributed by atoms with Crippen LogP contribution in [0.1, 0.15) is 19.8 Å². The fourth-order valence-corrected chi connectivity index (χ4v) is 4.53.